The first-order valence-corrected chi connectivity index (χ1v) is 5.66. The molecule has 1 aromatic rings. The van der Waals surface area contributed by atoms with E-state index in [1.165, 1.54) is 0 Å². The Balaban J connectivity index is 1.84. The molecule has 1 saturated carbocycles. The summed E-state index contributed by atoms with van der Waals surface area (Å²) >= 11 is 0. The number of aliphatic carboxylic acids is 1. The Kier molecular flexibility index (Phi) is 3.39. The van der Waals surface area contributed by atoms with Crippen LogP contribution in [0, 0.1) is 5.92 Å². The van der Waals surface area contributed by atoms with Gasteiger partial charge in [-0.3, -0.25) is 4.79 Å². The van der Waals surface area contributed by atoms with Gasteiger partial charge < -0.3 is 10.4 Å². The van der Waals surface area contributed by atoms with Crippen LogP contribution in [0.25, 0.3) is 0 Å². The molecule has 0 aliphatic heterocycles. The molecule has 16 heavy (non-hydrogen) atoms. The van der Waals surface area contributed by atoms with Crippen molar-refractivity contribution in [1.29, 1.82) is 0 Å². The van der Waals surface area contributed by atoms with E-state index in [1.54, 1.807) is 6.20 Å². The van der Waals surface area contributed by atoms with Crippen molar-refractivity contribution < 1.29 is 9.90 Å². The molecule has 1 aliphatic rings. The van der Waals surface area contributed by atoms with Gasteiger partial charge in [-0.05, 0) is 37.8 Å². The molecule has 0 amide bonds. The maximum absolute atomic E-state index is 10.8. The summed E-state index contributed by atoms with van der Waals surface area (Å²) in [7, 11) is 0. The van der Waals surface area contributed by atoms with Crippen LogP contribution in [0.4, 0.5) is 5.82 Å². The molecule has 2 rings (SSSR count). The Labute approximate surface area is 94.7 Å². The van der Waals surface area contributed by atoms with E-state index < -0.39 is 5.97 Å². The molecule has 0 radical (unpaired) electrons. The van der Waals surface area contributed by atoms with Crippen molar-refractivity contribution >= 4 is 11.8 Å². The molecular formula is C12H16N2O2. The van der Waals surface area contributed by atoms with Gasteiger partial charge in [-0.2, -0.15) is 0 Å². The fraction of sp³-hybridized carbons (Fsp3) is 0.500. The van der Waals surface area contributed by atoms with Crippen molar-refractivity contribution in [1.82, 2.24) is 4.98 Å². The Morgan fingerprint density at radius 2 is 2.06 bits per heavy atom. The SMILES string of the molecule is O=C(O)[C@H]1CC[C@@H](Nc2ccccn2)CC1. The van der Waals surface area contributed by atoms with Crippen molar-refractivity contribution in [2.24, 2.45) is 5.92 Å². The van der Waals surface area contributed by atoms with Crippen LogP contribution < -0.4 is 5.32 Å². The van der Waals surface area contributed by atoms with Crippen LogP contribution in [0.15, 0.2) is 24.4 Å². The number of anilines is 1. The smallest absolute Gasteiger partial charge is 0.306 e. The maximum Gasteiger partial charge on any atom is 0.306 e. The summed E-state index contributed by atoms with van der Waals surface area (Å²) < 4.78 is 0. The topological polar surface area (TPSA) is 62.2 Å². The van der Waals surface area contributed by atoms with Gasteiger partial charge in [0.25, 0.3) is 0 Å². The van der Waals surface area contributed by atoms with Gasteiger partial charge >= 0.3 is 5.97 Å². The summed E-state index contributed by atoms with van der Waals surface area (Å²) in [6.45, 7) is 0. The molecule has 1 fully saturated rings. The van der Waals surface area contributed by atoms with Crippen molar-refractivity contribution in [3.63, 3.8) is 0 Å². The zero-order valence-electron chi connectivity index (χ0n) is 9.10. The second-order valence-corrected chi connectivity index (χ2v) is 4.25. The Morgan fingerprint density at radius 3 is 2.62 bits per heavy atom. The predicted octanol–water partition coefficient (Wildman–Crippen LogP) is 2.14. The van der Waals surface area contributed by atoms with Gasteiger partial charge in [-0.15, -0.1) is 0 Å². The summed E-state index contributed by atoms with van der Waals surface area (Å²) in [6, 6.07) is 6.12. The molecule has 0 atom stereocenters. The van der Waals surface area contributed by atoms with E-state index in [4.69, 9.17) is 5.11 Å². The minimum absolute atomic E-state index is 0.151. The number of nitrogens with one attached hydrogen (secondary N) is 1. The van der Waals surface area contributed by atoms with Crippen molar-refractivity contribution in [2.75, 3.05) is 5.32 Å². The van der Waals surface area contributed by atoms with Crippen molar-refractivity contribution in [2.45, 2.75) is 31.7 Å². The lowest BCUT2D eigenvalue weighted by atomic mass is 9.86. The van der Waals surface area contributed by atoms with Crippen molar-refractivity contribution in [3.8, 4) is 0 Å². The van der Waals surface area contributed by atoms with Crippen LogP contribution in [-0.2, 0) is 4.79 Å². The first-order valence-electron chi connectivity index (χ1n) is 5.66. The van der Waals surface area contributed by atoms with E-state index in [0.29, 0.717) is 6.04 Å². The fourth-order valence-corrected chi connectivity index (χ4v) is 2.14. The molecule has 0 aromatic carbocycles. The number of hydrogen-bond donors (Lipinski definition) is 2. The normalized spacial score (nSPS) is 25.0. The van der Waals surface area contributed by atoms with E-state index in [9.17, 15) is 4.79 Å². The molecule has 4 nitrogen and oxygen atoms in total. The zero-order chi connectivity index (χ0) is 11.4. The molecule has 1 heterocycles. The van der Waals surface area contributed by atoms with Crippen LogP contribution in [0.1, 0.15) is 25.7 Å². The number of hydrogen-bond acceptors (Lipinski definition) is 3. The highest BCUT2D eigenvalue weighted by molar-refractivity contribution is 5.70. The summed E-state index contributed by atoms with van der Waals surface area (Å²) in [5.41, 5.74) is 0. The number of pyridine rings is 1. The number of nitrogens with zero attached hydrogens (tertiary/aromatic N) is 1. The molecule has 0 bridgehead atoms. The van der Waals surface area contributed by atoms with Crippen LogP contribution in [0.3, 0.4) is 0 Å². The largest absolute Gasteiger partial charge is 0.481 e. The van der Waals surface area contributed by atoms with E-state index >= 15 is 0 Å². The van der Waals surface area contributed by atoms with Gasteiger partial charge in [0.1, 0.15) is 5.82 Å². The number of carboxylic acids is 1. The summed E-state index contributed by atoms with van der Waals surface area (Å²) in [4.78, 5) is 15.0. The van der Waals surface area contributed by atoms with Gasteiger partial charge in [0.2, 0.25) is 0 Å². The predicted molar refractivity (Wildman–Crippen MR) is 61.2 cm³/mol. The number of carboxylic acid groups (broad SMARTS) is 1. The Hall–Kier alpha value is -1.58. The van der Waals surface area contributed by atoms with Gasteiger partial charge in [0.05, 0.1) is 5.92 Å². The Morgan fingerprint density at radius 1 is 1.31 bits per heavy atom. The van der Waals surface area contributed by atoms with Gasteiger partial charge in [0.15, 0.2) is 0 Å². The highest BCUT2D eigenvalue weighted by Crippen LogP contribution is 2.26. The van der Waals surface area contributed by atoms with Gasteiger partial charge in [-0.1, -0.05) is 6.07 Å². The second-order valence-electron chi connectivity index (χ2n) is 4.25. The first-order chi connectivity index (χ1) is 7.75. The van der Waals surface area contributed by atoms with E-state index in [1.807, 2.05) is 18.2 Å². The van der Waals surface area contributed by atoms with E-state index in [2.05, 4.69) is 10.3 Å². The van der Waals surface area contributed by atoms with Crippen LogP contribution in [0.2, 0.25) is 0 Å². The monoisotopic (exact) mass is 220 g/mol. The van der Waals surface area contributed by atoms with E-state index in [-0.39, 0.29) is 5.92 Å². The average molecular weight is 220 g/mol. The lowest BCUT2D eigenvalue weighted by Gasteiger charge is -2.27. The third kappa shape index (κ3) is 2.72. The molecule has 1 aromatic heterocycles. The van der Waals surface area contributed by atoms with Gasteiger partial charge in [-0.25, -0.2) is 4.98 Å². The summed E-state index contributed by atoms with van der Waals surface area (Å²) in [6.07, 6.45) is 5.10. The number of carbonyl (C=O) groups is 1. The molecule has 1 aliphatic carbocycles. The second kappa shape index (κ2) is 4.96. The van der Waals surface area contributed by atoms with Crippen LogP contribution >= 0.6 is 0 Å². The molecule has 86 valence electrons. The third-order valence-corrected chi connectivity index (χ3v) is 3.09. The highest BCUT2D eigenvalue weighted by Gasteiger charge is 2.25. The lowest BCUT2D eigenvalue weighted by molar-refractivity contribution is -0.142. The maximum atomic E-state index is 10.8. The number of rotatable bonds is 3. The average Bonchev–Trinajstić information content (AvgIpc) is 2.31. The first kappa shape index (κ1) is 10.9. The molecule has 4 heteroatoms. The minimum atomic E-state index is -0.656. The Bertz CT molecular complexity index is 345. The number of aromatic nitrogens is 1. The van der Waals surface area contributed by atoms with Crippen molar-refractivity contribution in [3.05, 3.63) is 24.4 Å². The van der Waals surface area contributed by atoms with Crippen LogP contribution in [0.5, 0.6) is 0 Å². The molecule has 0 unspecified atom stereocenters. The standard InChI is InChI=1S/C12H16N2O2/c15-12(16)9-4-6-10(7-5-9)14-11-3-1-2-8-13-11/h1-3,8-10H,4-7H2,(H,13,14)(H,15,16)/t9-,10+. The summed E-state index contributed by atoms with van der Waals surface area (Å²) in [5, 5.41) is 12.2. The molecular weight excluding hydrogens is 204 g/mol. The molecule has 0 spiro atoms. The highest BCUT2D eigenvalue weighted by atomic mass is 16.4. The third-order valence-electron chi connectivity index (χ3n) is 3.09. The van der Waals surface area contributed by atoms with E-state index in [0.717, 1.165) is 31.5 Å². The lowest BCUT2D eigenvalue weighted by Crippen LogP contribution is -2.29. The molecule has 0 saturated heterocycles. The quantitative estimate of drug-likeness (QED) is 0.819. The van der Waals surface area contributed by atoms with Gasteiger partial charge in [0, 0.05) is 12.2 Å². The zero-order valence-corrected chi connectivity index (χ0v) is 9.10. The molecule has 2 N–H and O–H groups in total. The van der Waals surface area contributed by atoms with Crippen LogP contribution in [-0.4, -0.2) is 22.1 Å². The summed E-state index contributed by atoms with van der Waals surface area (Å²) in [5.74, 6) is 0.0688. The fourth-order valence-electron chi connectivity index (χ4n) is 2.14. The minimum Gasteiger partial charge on any atom is -0.481 e.